The van der Waals surface area contributed by atoms with Crippen molar-refractivity contribution in [1.29, 1.82) is 0 Å². The van der Waals surface area contributed by atoms with E-state index in [0.717, 1.165) is 37.9 Å². The molecule has 53 heavy (non-hydrogen) atoms. The van der Waals surface area contributed by atoms with E-state index in [-0.39, 0.29) is 68.1 Å². The van der Waals surface area contributed by atoms with E-state index in [1.165, 1.54) is 6.07 Å². The second-order valence-electron chi connectivity index (χ2n) is 16.0. The summed E-state index contributed by atoms with van der Waals surface area (Å²) >= 11 is 0. The average molecular weight is 760 g/mol. The number of allylic oxidation sites excluding steroid dienone is 4. The molecular weight excluding hydrogens is 705 g/mol. The molecule has 0 aromatic heterocycles. The van der Waals surface area contributed by atoms with Crippen LogP contribution in [-0.4, -0.2) is 89.9 Å². The van der Waals surface area contributed by atoms with E-state index < -0.39 is 60.9 Å². The number of Topliss-reactive ketones (excluding diaryl/α,β-unsaturated/α-hetero) is 1. The molecule has 4 N–H and O–H groups in total. The Balaban J connectivity index is 1.13. The third-order valence-corrected chi connectivity index (χ3v) is 13.1. The molecule has 4 aliphatic carbocycles. The van der Waals surface area contributed by atoms with Crippen molar-refractivity contribution in [1.82, 2.24) is 5.32 Å². The molecule has 1 aromatic carbocycles. The number of ketones is 2. The number of carbonyl (C=O) groups excluding carboxylic acids is 3. The fraction of sp³-hybridized carbons (Fsp3) is 0.667. The summed E-state index contributed by atoms with van der Waals surface area (Å²) in [5.74, 6) is -0.464. The van der Waals surface area contributed by atoms with Gasteiger partial charge >= 0.3 is 13.8 Å². The van der Waals surface area contributed by atoms with Crippen molar-refractivity contribution in [2.75, 3.05) is 33.2 Å². The molecule has 3 saturated carbocycles. The van der Waals surface area contributed by atoms with Crippen molar-refractivity contribution < 1.29 is 57.5 Å². The summed E-state index contributed by atoms with van der Waals surface area (Å²) in [5, 5.41) is 25.9. The Bertz CT molecular complexity index is 1690. The number of hydrogen-bond donors (Lipinski definition) is 4. The highest BCUT2D eigenvalue weighted by atomic mass is 31.2. The van der Waals surface area contributed by atoms with Crippen LogP contribution in [0.2, 0.25) is 0 Å². The van der Waals surface area contributed by atoms with Crippen LogP contribution in [0.15, 0.2) is 42.0 Å². The molecule has 6 rings (SSSR count). The van der Waals surface area contributed by atoms with Gasteiger partial charge in [0, 0.05) is 42.4 Å². The van der Waals surface area contributed by atoms with E-state index in [2.05, 4.69) is 12.2 Å². The number of fused-ring (bicyclic) bond motifs is 7. The second-order valence-corrected chi connectivity index (χ2v) is 17.8. The second kappa shape index (κ2) is 15.3. The number of hydrogen-bond acceptors (Lipinski definition) is 12. The Kier molecular flexibility index (Phi) is 11.5. The van der Waals surface area contributed by atoms with Crippen molar-refractivity contribution in [3.63, 3.8) is 0 Å². The molecule has 0 amide bonds. The standard InChI is InChI=1S/C39H54NO12P/c1-6-38-14-12-27(41)17-26(38)8-7-9-28-29-18-34-39(51-22-50-34,37(29,4)19-30(42)35(28)38)33(44)21-49-36(45)48-15-13-25-16-24(31(43)20-40-23(2)3)10-11-32(25)52-53(5,46)47/h10-12,14,16-17,23,28-31,34-35,40,42-43H,6-9,13,15,18-22H2,1-5H3,(H,46,47). The summed E-state index contributed by atoms with van der Waals surface area (Å²) in [6.07, 6.45) is 6.25. The molecule has 4 fully saturated rings. The van der Waals surface area contributed by atoms with Crippen LogP contribution in [0, 0.1) is 28.6 Å². The van der Waals surface area contributed by atoms with Crippen molar-refractivity contribution in [2.24, 2.45) is 28.6 Å². The van der Waals surface area contributed by atoms with Gasteiger partial charge in [0.2, 0.25) is 5.78 Å². The average Bonchev–Trinajstić information content (AvgIpc) is 3.57. The topological polar surface area (TPSA) is 187 Å². The molecule has 5 aliphatic rings. The Morgan fingerprint density at radius 3 is 2.70 bits per heavy atom. The first-order valence-electron chi connectivity index (χ1n) is 18.8. The molecule has 10 atom stereocenters. The highest BCUT2D eigenvalue weighted by Crippen LogP contribution is 2.69. The number of carbonyl (C=O) groups is 3. The molecule has 1 aromatic rings. The zero-order valence-electron chi connectivity index (χ0n) is 31.2. The van der Waals surface area contributed by atoms with Gasteiger partial charge in [-0.15, -0.1) is 0 Å². The predicted molar refractivity (Wildman–Crippen MR) is 193 cm³/mol. The molecule has 0 spiro atoms. The summed E-state index contributed by atoms with van der Waals surface area (Å²) in [6.45, 7) is 8.44. The highest BCUT2D eigenvalue weighted by Gasteiger charge is 2.74. The molecule has 0 bridgehead atoms. The first-order valence-corrected chi connectivity index (χ1v) is 20.8. The molecule has 1 saturated heterocycles. The molecule has 292 valence electrons. The SMILES string of the molecule is CCC12C=CC(=O)C=C1CCCC1C2C(O)CC2(C)C1CC1OCOC12C(=O)COC(=O)OCCc1cc(C(O)CNC(C)C)ccc1OP(C)(=O)O. The predicted octanol–water partition coefficient (Wildman–Crippen LogP) is 4.96. The Morgan fingerprint density at radius 2 is 1.98 bits per heavy atom. The lowest BCUT2D eigenvalue weighted by atomic mass is 9.49. The minimum absolute atomic E-state index is 0.0184. The Labute approximate surface area is 311 Å². The fourth-order valence-corrected chi connectivity index (χ4v) is 10.9. The van der Waals surface area contributed by atoms with Crippen LogP contribution in [0.1, 0.15) is 83.5 Å². The normalized spacial score (nSPS) is 34.8. The van der Waals surface area contributed by atoms with Crippen LogP contribution < -0.4 is 9.84 Å². The van der Waals surface area contributed by atoms with Crippen LogP contribution in [-0.2, 0) is 39.5 Å². The largest absolute Gasteiger partial charge is 0.508 e. The van der Waals surface area contributed by atoms with E-state index in [1.54, 1.807) is 24.3 Å². The van der Waals surface area contributed by atoms with Gasteiger partial charge in [0.05, 0.1) is 24.9 Å². The molecular formula is C39H54NO12P. The van der Waals surface area contributed by atoms with Crippen LogP contribution in [0.25, 0.3) is 0 Å². The van der Waals surface area contributed by atoms with Crippen molar-refractivity contribution in [3.8, 4) is 5.75 Å². The van der Waals surface area contributed by atoms with Gasteiger partial charge in [0.1, 0.15) is 12.5 Å². The number of nitrogens with one attached hydrogen (secondary N) is 1. The summed E-state index contributed by atoms with van der Waals surface area (Å²) in [6, 6.07) is 4.88. The number of aliphatic hydroxyl groups excluding tert-OH is 2. The number of benzene rings is 1. The van der Waals surface area contributed by atoms with E-state index in [1.807, 2.05) is 26.8 Å². The number of aliphatic hydroxyl groups is 2. The maximum absolute atomic E-state index is 14.2. The minimum Gasteiger partial charge on any atom is -0.434 e. The molecule has 10 unspecified atom stereocenters. The first kappa shape index (κ1) is 39.8. The van der Waals surface area contributed by atoms with Gasteiger partial charge in [-0.3, -0.25) is 9.59 Å². The lowest BCUT2D eigenvalue weighted by molar-refractivity contribution is -0.183. The molecule has 1 heterocycles. The number of ether oxygens (including phenoxy) is 4. The summed E-state index contributed by atoms with van der Waals surface area (Å²) in [7, 11) is -3.92. The van der Waals surface area contributed by atoms with Crippen molar-refractivity contribution in [2.45, 2.75) is 103 Å². The molecule has 1 aliphatic heterocycles. The number of rotatable bonds is 13. The van der Waals surface area contributed by atoms with Crippen LogP contribution in [0.5, 0.6) is 5.75 Å². The van der Waals surface area contributed by atoms with Gasteiger partial charge in [0.15, 0.2) is 18.0 Å². The molecule has 0 radical (unpaired) electrons. The van der Waals surface area contributed by atoms with Gasteiger partial charge in [-0.1, -0.05) is 45.4 Å². The van der Waals surface area contributed by atoms with Crippen LogP contribution in [0.3, 0.4) is 0 Å². The zero-order chi connectivity index (χ0) is 38.3. The van der Waals surface area contributed by atoms with E-state index in [4.69, 9.17) is 23.5 Å². The van der Waals surface area contributed by atoms with Gasteiger partial charge in [0.25, 0.3) is 0 Å². The monoisotopic (exact) mass is 759 g/mol. The maximum atomic E-state index is 14.2. The van der Waals surface area contributed by atoms with Crippen molar-refractivity contribution >= 4 is 25.3 Å². The minimum atomic E-state index is -3.92. The fourth-order valence-electron chi connectivity index (χ4n) is 10.4. The summed E-state index contributed by atoms with van der Waals surface area (Å²) in [5.41, 5.74) is -0.611. The molecule has 13 nitrogen and oxygen atoms in total. The Morgan fingerprint density at radius 1 is 1.21 bits per heavy atom. The Hall–Kier alpha value is -2.90. The lowest BCUT2D eigenvalue weighted by Crippen LogP contribution is -2.62. The van der Waals surface area contributed by atoms with E-state index in [9.17, 15) is 34.1 Å². The smallest absolute Gasteiger partial charge is 0.434 e. The third kappa shape index (κ3) is 7.43. The third-order valence-electron chi connectivity index (χ3n) is 12.6. The van der Waals surface area contributed by atoms with Crippen molar-refractivity contribution in [3.05, 3.63) is 53.1 Å². The lowest BCUT2D eigenvalue weighted by Gasteiger charge is -2.57. The van der Waals surface area contributed by atoms with Crippen LogP contribution >= 0.6 is 7.60 Å². The zero-order valence-corrected chi connectivity index (χ0v) is 32.1. The van der Waals surface area contributed by atoms with Gasteiger partial charge in [-0.25, -0.2) is 9.36 Å². The molecule has 14 heteroatoms. The maximum Gasteiger partial charge on any atom is 0.508 e. The van der Waals surface area contributed by atoms with E-state index >= 15 is 0 Å². The van der Waals surface area contributed by atoms with Gasteiger partial charge < -0.3 is 43.9 Å². The van der Waals surface area contributed by atoms with Gasteiger partial charge in [-0.05, 0) is 85.8 Å². The summed E-state index contributed by atoms with van der Waals surface area (Å²) < 4.78 is 40.3. The highest BCUT2D eigenvalue weighted by molar-refractivity contribution is 7.52. The summed E-state index contributed by atoms with van der Waals surface area (Å²) in [4.78, 5) is 49.3. The van der Waals surface area contributed by atoms with E-state index in [0.29, 0.717) is 17.5 Å². The van der Waals surface area contributed by atoms with Crippen LogP contribution in [0.4, 0.5) is 4.79 Å². The van der Waals surface area contributed by atoms with Gasteiger partial charge in [-0.2, -0.15) is 0 Å². The first-order chi connectivity index (χ1) is 25.0. The quantitative estimate of drug-likeness (QED) is 0.156.